The average molecular weight is 383 g/mol. The van der Waals surface area contributed by atoms with Gasteiger partial charge < -0.3 is 9.80 Å². The fourth-order valence-corrected chi connectivity index (χ4v) is 5.37. The van der Waals surface area contributed by atoms with Crippen molar-refractivity contribution in [2.75, 3.05) is 26.7 Å². The van der Waals surface area contributed by atoms with Crippen LogP contribution in [0.1, 0.15) is 21.3 Å². The number of hydrogen-bond acceptors (Lipinski definition) is 5. The number of fused-ring (bicyclic) bond motifs is 3. The molecule has 4 aromatic rings. The van der Waals surface area contributed by atoms with Crippen LogP contribution >= 0.6 is 22.7 Å². The Morgan fingerprint density at radius 2 is 2.08 bits per heavy atom. The summed E-state index contributed by atoms with van der Waals surface area (Å²) in [6, 6.07) is 12.4. The minimum absolute atomic E-state index is 0.0840. The van der Waals surface area contributed by atoms with Gasteiger partial charge in [-0.15, -0.1) is 22.7 Å². The Kier molecular flexibility index (Phi) is 3.81. The molecule has 0 radical (unpaired) electrons. The summed E-state index contributed by atoms with van der Waals surface area (Å²) in [5.74, 6) is 0.110. The van der Waals surface area contributed by atoms with Gasteiger partial charge in [0.25, 0.3) is 5.91 Å². The zero-order valence-electron chi connectivity index (χ0n) is 14.3. The molecule has 0 bridgehead atoms. The SMILES string of the molecule is CN1CCN(C(=O)c2cc3c(nc4sccn43)s2)[C@H](c2ccccc2)C1. The van der Waals surface area contributed by atoms with E-state index < -0.39 is 0 Å². The quantitative estimate of drug-likeness (QED) is 0.530. The van der Waals surface area contributed by atoms with Crippen molar-refractivity contribution in [1.82, 2.24) is 19.2 Å². The van der Waals surface area contributed by atoms with Crippen LogP contribution < -0.4 is 0 Å². The molecule has 1 saturated heterocycles. The molecule has 3 aromatic heterocycles. The van der Waals surface area contributed by atoms with Gasteiger partial charge in [0.15, 0.2) is 4.96 Å². The second-order valence-corrected chi connectivity index (χ2v) is 8.56. The molecule has 1 aliphatic rings. The van der Waals surface area contributed by atoms with Crippen molar-refractivity contribution >= 4 is 43.9 Å². The molecule has 1 aliphatic heterocycles. The zero-order valence-corrected chi connectivity index (χ0v) is 16.0. The van der Waals surface area contributed by atoms with Gasteiger partial charge in [-0.05, 0) is 18.7 Å². The molecule has 4 heterocycles. The van der Waals surface area contributed by atoms with Gasteiger partial charge in [-0.25, -0.2) is 4.98 Å². The highest BCUT2D eigenvalue weighted by molar-refractivity contribution is 7.21. The maximum Gasteiger partial charge on any atom is 0.264 e. The highest BCUT2D eigenvalue weighted by Crippen LogP contribution is 2.32. The van der Waals surface area contributed by atoms with E-state index in [9.17, 15) is 4.79 Å². The minimum atomic E-state index is 0.0840. The maximum atomic E-state index is 13.3. The van der Waals surface area contributed by atoms with Crippen molar-refractivity contribution < 1.29 is 4.79 Å². The Bertz CT molecular complexity index is 1080. The number of imidazole rings is 1. The van der Waals surface area contributed by atoms with Crippen molar-refractivity contribution in [2.45, 2.75) is 6.04 Å². The summed E-state index contributed by atoms with van der Waals surface area (Å²) in [7, 11) is 2.12. The number of rotatable bonds is 2. The molecule has 0 unspecified atom stereocenters. The number of thiophene rings is 1. The van der Waals surface area contributed by atoms with Crippen LogP contribution in [0.5, 0.6) is 0 Å². The Labute approximate surface area is 159 Å². The van der Waals surface area contributed by atoms with E-state index in [2.05, 4.69) is 33.5 Å². The molecule has 1 atom stereocenters. The fraction of sp³-hybridized carbons (Fsp3) is 0.263. The molecule has 0 aliphatic carbocycles. The third kappa shape index (κ3) is 2.55. The molecular formula is C19H18N4OS2. The maximum absolute atomic E-state index is 13.3. The lowest BCUT2D eigenvalue weighted by Crippen LogP contribution is -2.49. The first-order valence-corrected chi connectivity index (χ1v) is 10.3. The van der Waals surface area contributed by atoms with E-state index in [1.165, 1.54) is 16.9 Å². The highest BCUT2D eigenvalue weighted by atomic mass is 32.1. The first kappa shape index (κ1) is 16.0. The number of likely N-dealkylation sites (N-methyl/N-ethyl adjacent to an activating group) is 1. The van der Waals surface area contributed by atoms with Gasteiger partial charge in [0, 0.05) is 31.2 Å². The summed E-state index contributed by atoms with van der Waals surface area (Å²) in [5, 5.41) is 2.02. The van der Waals surface area contributed by atoms with Crippen LogP contribution in [0.4, 0.5) is 0 Å². The standard InChI is InChI=1S/C19H18N4OS2/c1-21-7-8-22(15(12-21)13-5-3-2-4-6-13)18(24)16-11-14-17(26-16)20-19-23(14)9-10-25-19/h2-6,9-11,15H,7-8,12H2,1H3/t15-/m0/s1. The minimum Gasteiger partial charge on any atom is -0.328 e. The van der Waals surface area contributed by atoms with E-state index in [1.807, 2.05) is 40.7 Å². The first-order chi connectivity index (χ1) is 12.7. The Balaban J connectivity index is 1.52. The number of thiazole rings is 1. The summed E-state index contributed by atoms with van der Waals surface area (Å²) in [5.41, 5.74) is 2.22. The average Bonchev–Trinajstić information content (AvgIpc) is 3.34. The van der Waals surface area contributed by atoms with E-state index in [-0.39, 0.29) is 11.9 Å². The molecule has 0 spiro atoms. The van der Waals surface area contributed by atoms with Crippen LogP contribution in [0.3, 0.4) is 0 Å². The Morgan fingerprint density at radius 1 is 1.23 bits per heavy atom. The van der Waals surface area contributed by atoms with Crippen molar-refractivity contribution in [1.29, 1.82) is 0 Å². The van der Waals surface area contributed by atoms with E-state index >= 15 is 0 Å². The summed E-state index contributed by atoms with van der Waals surface area (Å²) in [4.78, 5) is 24.9. The van der Waals surface area contributed by atoms with Gasteiger partial charge in [-0.1, -0.05) is 30.3 Å². The van der Waals surface area contributed by atoms with Crippen LogP contribution in [-0.2, 0) is 0 Å². The molecule has 0 saturated carbocycles. The van der Waals surface area contributed by atoms with Crippen molar-refractivity contribution in [3.63, 3.8) is 0 Å². The zero-order chi connectivity index (χ0) is 17.7. The lowest BCUT2D eigenvalue weighted by Gasteiger charge is -2.40. The van der Waals surface area contributed by atoms with Crippen LogP contribution in [-0.4, -0.2) is 51.8 Å². The number of hydrogen-bond donors (Lipinski definition) is 0. The number of carbonyl (C=O) groups is 1. The van der Waals surface area contributed by atoms with Gasteiger partial charge in [0.05, 0.1) is 16.4 Å². The van der Waals surface area contributed by atoms with Crippen LogP contribution in [0.2, 0.25) is 0 Å². The molecule has 1 fully saturated rings. The fourth-order valence-electron chi connectivity index (χ4n) is 3.62. The normalized spacial score (nSPS) is 18.8. The summed E-state index contributed by atoms with van der Waals surface area (Å²) in [6.07, 6.45) is 2.01. The molecule has 1 aromatic carbocycles. The monoisotopic (exact) mass is 382 g/mol. The number of piperazine rings is 1. The molecular weight excluding hydrogens is 364 g/mol. The van der Waals surface area contributed by atoms with Gasteiger partial charge in [-0.2, -0.15) is 0 Å². The molecule has 26 heavy (non-hydrogen) atoms. The van der Waals surface area contributed by atoms with Gasteiger partial charge in [-0.3, -0.25) is 9.20 Å². The molecule has 5 rings (SSSR count). The molecule has 7 heteroatoms. The third-order valence-electron chi connectivity index (χ3n) is 4.98. The molecule has 0 N–H and O–H groups in total. The van der Waals surface area contributed by atoms with E-state index in [0.29, 0.717) is 0 Å². The second-order valence-electron chi connectivity index (χ2n) is 6.66. The number of aromatic nitrogens is 2. The van der Waals surface area contributed by atoms with Gasteiger partial charge in [0.2, 0.25) is 0 Å². The van der Waals surface area contributed by atoms with Gasteiger partial charge in [0.1, 0.15) is 4.83 Å². The highest BCUT2D eigenvalue weighted by Gasteiger charge is 2.32. The number of benzene rings is 1. The summed E-state index contributed by atoms with van der Waals surface area (Å²) in [6.45, 7) is 2.49. The van der Waals surface area contributed by atoms with Crippen molar-refractivity contribution in [3.8, 4) is 0 Å². The Hall–Kier alpha value is -2.22. The topological polar surface area (TPSA) is 40.8 Å². The van der Waals surface area contributed by atoms with E-state index in [0.717, 1.165) is 39.8 Å². The number of amides is 1. The predicted molar refractivity (Wildman–Crippen MR) is 106 cm³/mol. The first-order valence-electron chi connectivity index (χ1n) is 8.60. The lowest BCUT2D eigenvalue weighted by atomic mass is 10.0. The van der Waals surface area contributed by atoms with Crippen LogP contribution in [0.25, 0.3) is 15.3 Å². The van der Waals surface area contributed by atoms with Gasteiger partial charge >= 0.3 is 0 Å². The van der Waals surface area contributed by atoms with Crippen molar-refractivity contribution in [2.24, 2.45) is 0 Å². The molecule has 5 nitrogen and oxygen atoms in total. The second kappa shape index (κ2) is 6.19. The predicted octanol–water partition coefficient (Wildman–Crippen LogP) is 3.74. The summed E-state index contributed by atoms with van der Waals surface area (Å²) < 4.78 is 2.06. The third-order valence-corrected chi connectivity index (χ3v) is 6.74. The molecule has 1 amide bonds. The van der Waals surface area contributed by atoms with E-state index in [1.54, 1.807) is 11.3 Å². The summed E-state index contributed by atoms with van der Waals surface area (Å²) >= 11 is 3.11. The molecule has 132 valence electrons. The van der Waals surface area contributed by atoms with Crippen LogP contribution in [0, 0.1) is 0 Å². The lowest BCUT2D eigenvalue weighted by molar-refractivity contribution is 0.0503. The number of nitrogens with zero attached hydrogens (tertiary/aromatic N) is 4. The largest absolute Gasteiger partial charge is 0.328 e. The number of carbonyl (C=O) groups excluding carboxylic acids is 1. The van der Waals surface area contributed by atoms with Crippen LogP contribution in [0.15, 0.2) is 48.0 Å². The Morgan fingerprint density at radius 3 is 2.92 bits per heavy atom. The van der Waals surface area contributed by atoms with E-state index in [4.69, 9.17) is 0 Å². The van der Waals surface area contributed by atoms with Crippen molar-refractivity contribution in [3.05, 3.63) is 58.4 Å². The smallest absolute Gasteiger partial charge is 0.264 e.